The predicted molar refractivity (Wildman–Crippen MR) is 77.1 cm³/mol. The molecule has 0 unspecified atom stereocenters. The molecule has 22 heavy (non-hydrogen) atoms. The van der Waals surface area contributed by atoms with Crippen LogP contribution in [0.1, 0.15) is 17.4 Å². The molecule has 2 aromatic heterocycles. The van der Waals surface area contributed by atoms with Crippen molar-refractivity contribution in [1.29, 1.82) is 0 Å². The maximum Gasteiger partial charge on any atom is 0.354 e. The summed E-state index contributed by atoms with van der Waals surface area (Å²) in [5, 5.41) is 3.86. The third-order valence-corrected chi connectivity index (χ3v) is 4.12. The van der Waals surface area contributed by atoms with E-state index in [1.165, 1.54) is 36.3 Å². The molecule has 0 aliphatic heterocycles. The Bertz CT molecular complexity index is 852. The third kappa shape index (κ3) is 3.17. The minimum absolute atomic E-state index is 0.0641. The van der Waals surface area contributed by atoms with Crippen LogP contribution in [0, 0.1) is 0 Å². The molecular formula is C12H14N4O5S. The van der Waals surface area contributed by atoms with Crippen LogP contribution in [0.3, 0.4) is 0 Å². The highest BCUT2D eigenvalue weighted by molar-refractivity contribution is 7.92. The number of sulfonamides is 1. The van der Waals surface area contributed by atoms with Crippen molar-refractivity contribution in [2.45, 2.75) is 18.4 Å². The van der Waals surface area contributed by atoms with E-state index >= 15 is 0 Å². The zero-order valence-electron chi connectivity index (χ0n) is 11.9. The second-order valence-electron chi connectivity index (χ2n) is 4.24. The number of esters is 1. The number of H-pyrrole nitrogens is 1. The highest BCUT2D eigenvalue weighted by atomic mass is 32.2. The van der Waals surface area contributed by atoms with Crippen molar-refractivity contribution >= 4 is 21.7 Å². The molecule has 0 aromatic carbocycles. The van der Waals surface area contributed by atoms with E-state index in [-0.39, 0.29) is 16.3 Å². The van der Waals surface area contributed by atoms with Crippen molar-refractivity contribution in [1.82, 2.24) is 14.8 Å². The van der Waals surface area contributed by atoms with Crippen LogP contribution in [0.5, 0.6) is 0 Å². The Balaban J connectivity index is 2.30. The molecule has 2 aromatic rings. The number of rotatable bonds is 5. The molecule has 118 valence electrons. The number of carbonyl (C=O) groups excluding carboxylic acids is 1. The Morgan fingerprint density at radius 1 is 1.45 bits per heavy atom. The van der Waals surface area contributed by atoms with Crippen molar-refractivity contribution in [3.8, 4) is 0 Å². The number of carbonyl (C=O) groups is 1. The molecule has 0 fully saturated rings. The summed E-state index contributed by atoms with van der Waals surface area (Å²) in [6.07, 6.45) is 2.53. The largest absolute Gasteiger partial charge is 0.464 e. The van der Waals surface area contributed by atoms with Crippen LogP contribution in [-0.2, 0) is 21.3 Å². The lowest BCUT2D eigenvalue weighted by Crippen LogP contribution is -2.22. The fraction of sp³-hybridized carbons (Fsp3) is 0.250. The average Bonchev–Trinajstić information content (AvgIpc) is 2.98. The normalized spacial score (nSPS) is 11.2. The molecule has 2 rings (SSSR count). The number of ether oxygens (including phenoxy) is 1. The quantitative estimate of drug-likeness (QED) is 0.755. The van der Waals surface area contributed by atoms with Gasteiger partial charge in [0.1, 0.15) is 16.3 Å². The molecule has 0 radical (unpaired) electrons. The second kappa shape index (κ2) is 6.02. The number of anilines is 1. The summed E-state index contributed by atoms with van der Waals surface area (Å²) in [5.41, 5.74) is -1.04. The fourth-order valence-electron chi connectivity index (χ4n) is 1.64. The first-order chi connectivity index (χ1) is 10.4. The minimum Gasteiger partial charge on any atom is -0.464 e. The standard InChI is InChI=1S/C12H14N4O5S/c1-3-16-7-8(6-13-16)22(19,20)15-9-4-5-10(12(18)21-2)14-11(9)17/h4-7,15H,3H2,1-2H3,(H,14,17). The first-order valence-electron chi connectivity index (χ1n) is 6.24. The Morgan fingerprint density at radius 3 is 2.73 bits per heavy atom. The van der Waals surface area contributed by atoms with Crippen LogP contribution < -0.4 is 10.3 Å². The molecular weight excluding hydrogens is 312 g/mol. The van der Waals surface area contributed by atoms with Crippen LogP contribution in [-0.4, -0.2) is 36.3 Å². The second-order valence-corrected chi connectivity index (χ2v) is 5.93. The zero-order valence-corrected chi connectivity index (χ0v) is 12.7. The van der Waals surface area contributed by atoms with Crippen LogP contribution >= 0.6 is 0 Å². The lowest BCUT2D eigenvalue weighted by atomic mass is 10.3. The monoisotopic (exact) mass is 326 g/mol. The number of nitrogens with zero attached hydrogens (tertiary/aromatic N) is 2. The molecule has 2 N–H and O–H groups in total. The van der Waals surface area contributed by atoms with Crippen LogP contribution in [0.15, 0.2) is 34.2 Å². The molecule has 0 aliphatic carbocycles. The highest BCUT2D eigenvalue weighted by Crippen LogP contribution is 2.12. The minimum atomic E-state index is -3.93. The van der Waals surface area contributed by atoms with E-state index < -0.39 is 21.6 Å². The van der Waals surface area contributed by atoms with Crippen molar-refractivity contribution in [3.05, 3.63) is 40.6 Å². The smallest absolute Gasteiger partial charge is 0.354 e. The summed E-state index contributed by atoms with van der Waals surface area (Å²) in [4.78, 5) is 25.3. The summed E-state index contributed by atoms with van der Waals surface area (Å²) in [7, 11) is -2.76. The molecule has 0 spiro atoms. The van der Waals surface area contributed by atoms with Gasteiger partial charge in [-0.3, -0.25) is 14.2 Å². The van der Waals surface area contributed by atoms with Gasteiger partial charge in [0.25, 0.3) is 15.6 Å². The number of methoxy groups -OCH3 is 1. The highest BCUT2D eigenvalue weighted by Gasteiger charge is 2.18. The average molecular weight is 326 g/mol. The van der Waals surface area contributed by atoms with Crippen molar-refractivity contribution in [2.75, 3.05) is 11.8 Å². The molecule has 9 nitrogen and oxygen atoms in total. The van der Waals surface area contributed by atoms with Gasteiger partial charge in [0.05, 0.1) is 13.3 Å². The predicted octanol–water partition coefficient (Wildman–Crippen LogP) is 0.179. The lowest BCUT2D eigenvalue weighted by Gasteiger charge is -2.06. The number of hydrogen-bond acceptors (Lipinski definition) is 6. The fourth-order valence-corrected chi connectivity index (χ4v) is 2.66. The number of hydrogen-bond donors (Lipinski definition) is 2. The third-order valence-electron chi connectivity index (χ3n) is 2.80. The first kappa shape index (κ1) is 15.8. The summed E-state index contributed by atoms with van der Waals surface area (Å²) < 4.78 is 32.3. The van der Waals surface area contributed by atoms with Crippen molar-refractivity contribution < 1.29 is 17.9 Å². The van der Waals surface area contributed by atoms with Gasteiger partial charge in [0, 0.05) is 12.7 Å². The maximum absolute atomic E-state index is 12.1. The maximum atomic E-state index is 12.1. The van der Waals surface area contributed by atoms with Gasteiger partial charge in [-0.2, -0.15) is 5.10 Å². The summed E-state index contributed by atoms with van der Waals surface area (Å²) >= 11 is 0. The lowest BCUT2D eigenvalue weighted by molar-refractivity contribution is 0.0594. The number of aromatic nitrogens is 3. The van der Waals surface area contributed by atoms with Crippen LogP contribution in [0.25, 0.3) is 0 Å². The van der Waals surface area contributed by atoms with E-state index in [0.717, 1.165) is 0 Å². The van der Waals surface area contributed by atoms with E-state index in [1.54, 1.807) is 0 Å². The summed E-state index contributed by atoms with van der Waals surface area (Å²) in [5.74, 6) is -0.726. The number of pyridine rings is 1. The molecule has 0 saturated heterocycles. The molecule has 0 bridgehead atoms. The van der Waals surface area contributed by atoms with E-state index in [9.17, 15) is 18.0 Å². The SMILES string of the molecule is CCn1cc(S(=O)(=O)Nc2ccc(C(=O)OC)[nH]c2=O)cn1. The topological polar surface area (TPSA) is 123 Å². The van der Waals surface area contributed by atoms with Gasteiger partial charge in [-0.25, -0.2) is 13.2 Å². The molecule has 2 heterocycles. The van der Waals surface area contributed by atoms with Gasteiger partial charge in [-0.05, 0) is 19.1 Å². The molecule has 10 heteroatoms. The Labute approximate surface area is 126 Å². The van der Waals surface area contributed by atoms with Gasteiger partial charge in [-0.15, -0.1) is 0 Å². The number of aryl methyl sites for hydroxylation is 1. The van der Waals surface area contributed by atoms with E-state index in [2.05, 4.69) is 19.5 Å². The van der Waals surface area contributed by atoms with Gasteiger partial charge in [0.2, 0.25) is 0 Å². The molecule has 0 saturated carbocycles. The van der Waals surface area contributed by atoms with Gasteiger partial charge in [-0.1, -0.05) is 0 Å². The van der Waals surface area contributed by atoms with Crippen molar-refractivity contribution in [2.24, 2.45) is 0 Å². The summed E-state index contributed by atoms with van der Waals surface area (Å²) in [6.45, 7) is 2.33. The van der Waals surface area contributed by atoms with Gasteiger partial charge in [0.15, 0.2) is 0 Å². The summed E-state index contributed by atoms with van der Waals surface area (Å²) in [6, 6.07) is 2.44. The Kier molecular flexibility index (Phi) is 4.31. The number of nitrogens with one attached hydrogen (secondary N) is 2. The van der Waals surface area contributed by atoms with Gasteiger partial charge >= 0.3 is 5.97 Å². The molecule has 0 aliphatic rings. The Hall–Kier alpha value is -2.62. The van der Waals surface area contributed by atoms with E-state index in [1.807, 2.05) is 6.92 Å². The van der Waals surface area contributed by atoms with Crippen LogP contribution in [0.4, 0.5) is 5.69 Å². The van der Waals surface area contributed by atoms with Gasteiger partial charge < -0.3 is 9.72 Å². The van der Waals surface area contributed by atoms with E-state index in [0.29, 0.717) is 6.54 Å². The number of aromatic amines is 1. The van der Waals surface area contributed by atoms with Crippen LogP contribution in [0.2, 0.25) is 0 Å². The Morgan fingerprint density at radius 2 is 2.18 bits per heavy atom. The van der Waals surface area contributed by atoms with E-state index in [4.69, 9.17) is 0 Å². The van der Waals surface area contributed by atoms with Crippen molar-refractivity contribution in [3.63, 3.8) is 0 Å². The first-order valence-corrected chi connectivity index (χ1v) is 7.72. The zero-order chi connectivity index (χ0) is 16.3. The molecule has 0 amide bonds. The molecule has 0 atom stereocenters.